The average molecular weight is 316 g/mol. The molecule has 1 amide bonds. The number of amides is 1. The van der Waals surface area contributed by atoms with Crippen molar-refractivity contribution in [2.75, 3.05) is 13.2 Å². The molecule has 0 aliphatic carbocycles. The van der Waals surface area contributed by atoms with Crippen molar-refractivity contribution in [3.63, 3.8) is 0 Å². The number of nitrogens with one attached hydrogen (secondary N) is 1. The number of aromatic nitrogens is 1. The zero-order chi connectivity index (χ0) is 15.9. The van der Waals surface area contributed by atoms with E-state index in [9.17, 15) is 4.79 Å². The summed E-state index contributed by atoms with van der Waals surface area (Å²) < 4.78 is 5.66. The number of hydrogen-bond donors (Lipinski definition) is 1. The van der Waals surface area contributed by atoms with Crippen LogP contribution in [0.4, 0.5) is 0 Å². The van der Waals surface area contributed by atoms with Crippen LogP contribution in [-0.2, 0) is 0 Å². The Morgan fingerprint density at radius 1 is 1.41 bits per heavy atom. The third-order valence-electron chi connectivity index (χ3n) is 2.83. The molecule has 4 nitrogen and oxygen atoms in total. The van der Waals surface area contributed by atoms with Crippen LogP contribution in [0.25, 0.3) is 10.6 Å². The lowest BCUT2D eigenvalue weighted by Crippen LogP contribution is -2.23. The second-order valence-corrected chi connectivity index (χ2v) is 6.12. The molecule has 0 saturated carbocycles. The van der Waals surface area contributed by atoms with E-state index in [1.165, 1.54) is 11.3 Å². The molecule has 2 rings (SSSR count). The number of carbonyl (C=O) groups is 1. The number of ether oxygens (including phenoxy) is 1. The highest BCUT2D eigenvalue weighted by Gasteiger charge is 2.11. The summed E-state index contributed by atoms with van der Waals surface area (Å²) in [6, 6.07) is 7.77. The van der Waals surface area contributed by atoms with Crippen LogP contribution in [0.15, 0.2) is 42.3 Å². The second-order valence-electron chi connectivity index (χ2n) is 5.27. The molecule has 0 spiro atoms. The van der Waals surface area contributed by atoms with Gasteiger partial charge in [-0.15, -0.1) is 17.9 Å². The van der Waals surface area contributed by atoms with Gasteiger partial charge in [0.15, 0.2) is 0 Å². The second kappa shape index (κ2) is 7.75. The van der Waals surface area contributed by atoms with Gasteiger partial charge in [0.2, 0.25) is 0 Å². The monoisotopic (exact) mass is 316 g/mol. The molecule has 0 bridgehead atoms. The Morgan fingerprint density at radius 3 is 2.77 bits per heavy atom. The first-order chi connectivity index (χ1) is 10.6. The number of thiazole rings is 1. The van der Waals surface area contributed by atoms with Gasteiger partial charge in [0, 0.05) is 17.5 Å². The summed E-state index contributed by atoms with van der Waals surface area (Å²) in [7, 11) is 0. The van der Waals surface area contributed by atoms with E-state index in [4.69, 9.17) is 4.74 Å². The summed E-state index contributed by atoms with van der Waals surface area (Å²) >= 11 is 1.45. The smallest absolute Gasteiger partial charge is 0.271 e. The third-order valence-corrected chi connectivity index (χ3v) is 3.72. The van der Waals surface area contributed by atoms with E-state index in [-0.39, 0.29) is 5.91 Å². The Labute approximate surface area is 134 Å². The van der Waals surface area contributed by atoms with E-state index in [0.717, 1.165) is 16.3 Å². The third kappa shape index (κ3) is 4.43. The summed E-state index contributed by atoms with van der Waals surface area (Å²) in [5, 5.41) is 5.30. The SMILES string of the molecule is C=CCNC(=O)c1csc(-c2ccc(OCC(C)C)cc2)n1. The van der Waals surface area contributed by atoms with Crippen LogP contribution in [0.1, 0.15) is 24.3 Å². The Bertz CT molecular complexity index is 632. The van der Waals surface area contributed by atoms with Crippen molar-refractivity contribution in [2.45, 2.75) is 13.8 Å². The number of carbonyl (C=O) groups excluding carboxylic acids is 1. The molecule has 1 aromatic carbocycles. The molecule has 1 heterocycles. The van der Waals surface area contributed by atoms with Gasteiger partial charge in [0.1, 0.15) is 16.5 Å². The molecule has 0 aliphatic rings. The molecule has 0 atom stereocenters. The van der Waals surface area contributed by atoms with Crippen LogP contribution >= 0.6 is 11.3 Å². The molecule has 0 aliphatic heterocycles. The lowest BCUT2D eigenvalue weighted by molar-refractivity contribution is 0.0954. The number of hydrogen-bond acceptors (Lipinski definition) is 4. The molecular weight excluding hydrogens is 296 g/mol. The number of rotatable bonds is 7. The number of nitrogens with zero attached hydrogens (tertiary/aromatic N) is 1. The van der Waals surface area contributed by atoms with Gasteiger partial charge in [-0.2, -0.15) is 0 Å². The topological polar surface area (TPSA) is 51.2 Å². The molecule has 5 heteroatoms. The molecule has 0 radical (unpaired) electrons. The fourth-order valence-electron chi connectivity index (χ4n) is 1.72. The minimum absolute atomic E-state index is 0.181. The quantitative estimate of drug-likeness (QED) is 0.791. The molecular formula is C17H20N2O2S. The predicted molar refractivity (Wildman–Crippen MR) is 90.4 cm³/mol. The normalized spacial score (nSPS) is 10.5. The number of benzene rings is 1. The van der Waals surface area contributed by atoms with Crippen LogP contribution in [0.2, 0.25) is 0 Å². The van der Waals surface area contributed by atoms with E-state index < -0.39 is 0 Å². The van der Waals surface area contributed by atoms with Gasteiger partial charge in [-0.1, -0.05) is 19.9 Å². The van der Waals surface area contributed by atoms with Crippen LogP contribution in [0, 0.1) is 5.92 Å². The zero-order valence-electron chi connectivity index (χ0n) is 12.8. The van der Waals surface area contributed by atoms with Crippen molar-refractivity contribution >= 4 is 17.2 Å². The van der Waals surface area contributed by atoms with Gasteiger partial charge in [0.05, 0.1) is 6.61 Å². The van der Waals surface area contributed by atoms with Crippen LogP contribution in [0.5, 0.6) is 5.75 Å². The van der Waals surface area contributed by atoms with Crippen molar-refractivity contribution in [1.29, 1.82) is 0 Å². The van der Waals surface area contributed by atoms with E-state index >= 15 is 0 Å². The standard InChI is InChI=1S/C17H20N2O2S/c1-4-9-18-16(20)15-11-22-17(19-15)13-5-7-14(8-6-13)21-10-12(2)3/h4-8,11-12H,1,9-10H2,2-3H3,(H,18,20). The van der Waals surface area contributed by atoms with E-state index in [2.05, 4.69) is 30.7 Å². The highest BCUT2D eigenvalue weighted by Crippen LogP contribution is 2.26. The molecule has 1 N–H and O–H groups in total. The lowest BCUT2D eigenvalue weighted by Gasteiger charge is -2.08. The van der Waals surface area contributed by atoms with E-state index in [1.54, 1.807) is 11.5 Å². The molecule has 2 aromatic rings. The van der Waals surface area contributed by atoms with Crippen LogP contribution < -0.4 is 10.1 Å². The summed E-state index contributed by atoms with van der Waals surface area (Å²) in [5.74, 6) is 1.16. The highest BCUT2D eigenvalue weighted by atomic mass is 32.1. The predicted octanol–water partition coefficient (Wildman–Crippen LogP) is 3.76. The summed E-state index contributed by atoms with van der Waals surface area (Å²) in [4.78, 5) is 16.2. The fraction of sp³-hybridized carbons (Fsp3) is 0.294. The minimum atomic E-state index is -0.181. The van der Waals surface area contributed by atoms with Gasteiger partial charge < -0.3 is 10.1 Å². The molecule has 0 unspecified atom stereocenters. The van der Waals surface area contributed by atoms with Crippen molar-refractivity contribution in [3.8, 4) is 16.3 Å². The lowest BCUT2D eigenvalue weighted by atomic mass is 10.2. The first kappa shape index (κ1) is 16.2. The Morgan fingerprint density at radius 2 is 2.14 bits per heavy atom. The van der Waals surface area contributed by atoms with Crippen LogP contribution in [-0.4, -0.2) is 24.0 Å². The maximum atomic E-state index is 11.8. The molecule has 1 aromatic heterocycles. The van der Waals surface area contributed by atoms with Crippen LogP contribution in [0.3, 0.4) is 0 Å². The highest BCUT2D eigenvalue weighted by molar-refractivity contribution is 7.13. The fourth-order valence-corrected chi connectivity index (χ4v) is 2.53. The van der Waals surface area contributed by atoms with Gasteiger partial charge in [-0.25, -0.2) is 4.98 Å². The first-order valence-corrected chi connectivity index (χ1v) is 8.06. The summed E-state index contributed by atoms with van der Waals surface area (Å²) in [6.45, 7) is 8.93. The van der Waals surface area contributed by atoms with Crippen molar-refractivity contribution in [1.82, 2.24) is 10.3 Å². The molecule has 0 fully saturated rings. The maximum absolute atomic E-state index is 11.8. The summed E-state index contributed by atoms with van der Waals surface area (Å²) in [6.07, 6.45) is 1.64. The van der Waals surface area contributed by atoms with Gasteiger partial charge in [-0.05, 0) is 30.2 Å². The van der Waals surface area contributed by atoms with Crippen molar-refractivity contribution in [2.24, 2.45) is 5.92 Å². The summed E-state index contributed by atoms with van der Waals surface area (Å²) in [5.41, 5.74) is 1.41. The van der Waals surface area contributed by atoms with E-state index in [1.807, 2.05) is 24.3 Å². The van der Waals surface area contributed by atoms with Gasteiger partial charge in [-0.3, -0.25) is 4.79 Å². The molecule has 22 heavy (non-hydrogen) atoms. The Kier molecular flexibility index (Phi) is 5.72. The molecule has 116 valence electrons. The molecule has 0 saturated heterocycles. The van der Waals surface area contributed by atoms with Gasteiger partial charge >= 0.3 is 0 Å². The van der Waals surface area contributed by atoms with Crippen molar-refractivity contribution < 1.29 is 9.53 Å². The average Bonchev–Trinajstić information content (AvgIpc) is 3.01. The Hall–Kier alpha value is -2.14. The van der Waals surface area contributed by atoms with E-state index in [0.29, 0.717) is 24.8 Å². The zero-order valence-corrected chi connectivity index (χ0v) is 13.7. The first-order valence-electron chi connectivity index (χ1n) is 7.18. The minimum Gasteiger partial charge on any atom is -0.493 e. The van der Waals surface area contributed by atoms with Crippen molar-refractivity contribution in [3.05, 3.63) is 48.0 Å². The maximum Gasteiger partial charge on any atom is 0.271 e. The Balaban J connectivity index is 2.04. The largest absolute Gasteiger partial charge is 0.493 e. The van der Waals surface area contributed by atoms with Gasteiger partial charge in [0.25, 0.3) is 5.91 Å².